The smallest absolute Gasteiger partial charge is 0.162 e. The first-order chi connectivity index (χ1) is 7.55. The largest absolute Gasteiger partial charge is 0.346 e. The first kappa shape index (κ1) is 9.33. The Morgan fingerprint density at radius 3 is 2.94 bits per heavy atom. The second-order valence-corrected chi connectivity index (χ2v) is 4.32. The molecule has 0 saturated heterocycles. The number of alkyl halides is 1. The van der Waals surface area contributed by atoms with Crippen LogP contribution in [-0.2, 0) is 5.67 Å². The van der Waals surface area contributed by atoms with E-state index in [1.165, 1.54) is 13.8 Å². The number of hydrogen-bond acceptors (Lipinski definition) is 2. The van der Waals surface area contributed by atoms with Gasteiger partial charge in [0.25, 0.3) is 0 Å². The molecule has 0 radical (unpaired) electrons. The van der Waals surface area contributed by atoms with Crippen LogP contribution in [0.5, 0.6) is 0 Å². The lowest BCUT2D eigenvalue weighted by atomic mass is 10.2. The summed E-state index contributed by atoms with van der Waals surface area (Å²) >= 11 is 0. The minimum atomic E-state index is -1.47. The molecule has 4 nitrogen and oxygen atoms in total. The highest BCUT2D eigenvalue weighted by molar-refractivity contribution is 6.00. The molecular formula is C11H11FN4. The average Bonchev–Trinajstić information content (AvgIpc) is 2.81. The van der Waals surface area contributed by atoms with Gasteiger partial charge in [0.1, 0.15) is 17.0 Å². The van der Waals surface area contributed by atoms with Gasteiger partial charge in [0.05, 0.1) is 11.7 Å². The Bertz CT molecular complexity index is 659. The van der Waals surface area contributed by atoms with Crippen molar-refractivity contribution in [2.24, 2.45) is 0 Å². The summed E-state index contributed by atoms with van der Waals surface area (Å²) in [6.07, 6.45) is 3.46. The summed E-state index contributed by atoms with van der Waals surface area (Å²) in [7, 11) is 0. The zero-order chi connectivity index (χ0) is 11.3. The van der Waals surface area contributed by atoms with Crippen molar-refractivity contribution < 1.29 is 4.39 Å². The lowest BCUT2D eigenvalue weighted by Gasteiger charge is -2.08. The number of fused-ring (bicyclic) bond motifs is 3. The molecule has 16 heavy (non-hydrogen) atoms. The second kappa shape index (κ2) is 2.81. The molecule has 3 heterocycles. The molecule has 3 aromatic rings. The van der Waals surface area contributed by atoms with Gasteiger partial charge in [-0.1, -0.05) is 0 Å². The van der Waals surface area contributed by atoms with Gasteiger partial charge < -0.3 is 9.97 Å². The normalized spacial score (nSPS) is 12.7. The molecule has 0 fully saturated rings. The fourth-order valence-corrected chi connectivity index (χ4v) is 1.75. The summed E-state index contributed by atoms with van der Waals surface area (Å²) in [6.45, 7) is 2.96. The van der Waals surface area contributed by atoms with E-state index in [0.717, 1.165) is 22.1 Å². The number of halogens is 1. The van der Waals surface area contributed by atoms with Crippen molar-refractivity contribution >= 4 is 22.1 Å². The van der Waals surface area contributed by atoms with Gasteiger partial charge in [-0.25, -0.2) is 14.4 Å². The van der Waals surface area contributed by atoms with Crippen molar-refractivity contribution in [1.29, 1.82) is 0 Å². The van der Waals surface area contributed by atoms with Gasteiger partial charge in [-0.3, -0.25) is 0 Å². The molecule has 0 bridgehead atoms. The van der Waals surface area contributed by atoms with E-state index in [2.05, 4.69) is 19.9 Å². The van der Waals surface area contributed by atoms with E-state index in [4.69, 9.17) is 0 Å². The van der Waals surface area contributed by atoms with Crippen molar-refractivity contribution in [1.82, 2.24) is 19.9 Å². The summed E-state index contributed by atoms with van der Waals surface area (Å²) in [4.78, 5) is 14.5. The second-order valence-electron chi connectivity index (χ2n) is 4.32. The van der Waals surface area contributed by atoms with Gasteiger partial charge in [-0.2, -0.15) is 0 Å². The number of imidazole rings is 1. The molecule has 3 aromatic heterocycles. The number of hydrogen-bond donors (Lipinski definition) is 2. The van der Waals surface area contributed by atoms with Crippen LogP contribution < -0.4 is 0 Å². The minimum absolute atomic E-state index is 0.331. The lowest BCUT2D eigenvalue weighted by molar-refractivity contribution is 0.209. The van der Waals surface area contributed by atoms with E-state index >= 15 is 0 Å². The molecule has 0 atom stereocenters. The SMILES string of the molecule is CC(C)(F)c1nc2c(cnc3[nH]ccc32)[nH]1. The Morgan fingerprint density at radius 1 is 1.38 bits per heavy atom. The Morgan fingerprint density at radius 2 is 2.19 bits per heavy atom. The van der Waals surface area contributed by atoms with Crippen molar-refractivity contribution in [2.75, 3.05) is 0 Å². The summed E-state index contributed by atoms with van der Waals surface area (Å²) < 4.78 is 13.8. The Balaban J connectivity index is 2.39. The molecular weight excluding hydrogens is 207 g/mol. The predicted molar refractivity (Wildman–Crippen MR) is 59.9 cm³/mol. The zero-order valence-electron chi connectivity index (χ0n) is 9.00. The number of H-pyrrole nitrogens is 2. The third-order valence-electron chi connectivity index (χ3n) is 2.60. The van der Waals surface area contributed by atoms with Crippen molar-refractivity contribution in [3.05, 3.63) is 24.3 Å². The van der Waals surface area contributed by atoms with Crippen LogP contribution in [0.4, 0.5) is 4.39 Å². The summed E-state index contributed by atoms with van der Waals surface area (Å²) in [5, 5.41) is 0.907. The first-order valence-electron chi connectivity index (χ1n) is 5.07. The predicted octanol–water partition coefficient (Wildman–Crippen LogP) is 2.64. The van der Waals surface area contributed by atoms with E-state index in [0.29, 0.717) is 5.82 Å². The fraction of sp³-hybridized carbons (Fsp3) is 0.273. The molecule has 0 aliphatic rings. The molecule has 0 saturated carbocycles. The van der Waals surface area contributed by atoms with E-state index in [9.17, 15) is 4.39 Å². The lowest BCUT2D eigenvalue weighted by Crippen LogP contribution is -2.10. The van der Waals surface area contributed by atoms with E-state index in [1.54, 1.807) is 12.4 Å². The van der Waals surface area contributed by atoms with E-state index < -0.39 is 5.67 Å². The molecule has 82 valence electrons. The van der Waals surface area contributed by atoms with Gasteiger partial charge in [-0.15, -0.1) is 0 Å². The molecule has 0 aliphatic heterocycles. The maximum atomic E-state index is 13.8. The number of aromatic nitrogens is 4. The molecule has 0 aliphatic carbocycles. The number of aromatic amines is 2. The van der Waals surface area contributed by atoms with Crippen LogP contribution >= 0.6 is 0 Å². The Labute approximate surface area is 90.9 Å². The number of pyridine rings is 1. The number of nitrogens with one attached hydrogen (secondary N) is 2. The highest BCUT2D eigenvalue weighted by Crippen LogP contribution is 2.27. The molecule has 0 spiro atoms. The number of nitrogens with zero attached hydrogens (tertiary/aromatic N) is 2. The fourth-order valence-electron chi connectivity index (χ4n) is 1.75. The van der Waals surface area contributed by atoms with Gasteiger partial charge in [0.15, 0.2) is 5.67 Å². The van der Waals surface area contributed by atoms with Crippen molar-refractivity contribution in [3.8, 4) is 0 Å². The van der Waals surface area contributed by atoms with E-state index in [1.807, 2.05) is 6.07 Å². The van der Waals surface area contributed by atoms with E-state index in [-0.39, 0.29) is 0 Å². The zero-order valence-corrected chi connectivity index (χ0v) is 9.00. The third kappa shape index (κ3) is 1.21. The van der Waals surface area contributed by atoms with Crippen molar-refractivity contribution in [2.45, 2.75) is 19.5 Å². The van der Waals surface area contributed by atoms with Crippen LogP contribution in [0.2, 0.25) is 0 Å². The first-order valence-corrected chi connectivity index (χ1v) is 5.07. The highest BCUT2D eigenvalue weighted by atomic mass is 19.1. The Hall–Kier alpha value is -1.91. The standard InChI is InChI=1S/C11H11FN4/c1-11(2,12)10-15-7-5-14-9-6(3-4-13-9)8(7)16-10/h3-5H,1-2H3,(H,13,14)(H,15,16). The monoisotopic (exact) mass is 218 g/mol. The quantitative estimate of drug-likeness (QED) is 0.659. The molecule has 3 rings (SSSR count). The summed E-state index contributed by atoms with van der Waals surface area (Å²) in [6, 6.07) is 1.89. The summed E-state index contributed by atoms with van der Waals surface area (Å²) in [5.74, 6) is 0.331. The molecule has 0 aromatic carbocycles. The average molecular weight is 218 g/mol. The Kier molecular flexibility index (Phi) is 1.64. The van der Waals surface area contributed by atoms with Gasteiger partial charge >= 0.3 is 0 Å². The highest BCUT2D eigenvalue weighted by Gasteiger charge is 2.23. The maximum absolute atomic E-state index is 13.8. The third-order valence-corrected chi connectivity index (χ3v) is 2.60. The van der Waals surface area contributed by atoms with Crippen molar-refractivity contribution in [3.63, 3.8) is 0 Å². The van der Waals surface area contributed by atoms with Crippen LogP contribution in [0.15, 0.2) is 18.5 Å². The molecule has 0 unspecified atom stereocenters. The summed E-state index contributed by atoms with van der Waals surface area (Å²) in [5.41, 5.74) is 0.809. The van der Waals surface area contributed by atoms with Crippen LogP contribution in [0, 0.1) is 0 Å². The molecule has 2 N–H and O–H groups in total. The maximum Gasteiger partial charge on any atom is 0.162 e. The molecule has 5 heteroatoms. The number of rotatable bonds is 1. The topological polar surface area (TPSA) is 57.4 Å². The van der Waals surface area contributed by atoms with Gasteiger partial charge in [0, 0.05) is 11.6 Å². The van der Waals surface area contributed by atoms with Gasteiger partial charge in [-0.05, 0) is 19.9 Å². The minimum Gasteiger partial charge on any atom is -0.346 e. The van der Waals surface area contributed by atoms with Crippen LogP contribution in [-0.4, -0.2) is 19.9 Å². The van der Waals surface area contributed by atoms with Gasteiger partial charge in [0.2, 0.25) is 0 Å². The van der Waals surface area contributed by atoms with Crippen LogP contribution in [0.3, 0.4) is 0 Å². The van der Waals surface area contributed by atoms with Crippen LogP contribution in [0.1, 0.15) is 19.7 Å². The van der Waals surface area contributed by atoms with Crippen LogP contribution in [0.25, 0.3) is 22.1 Å². The molecule has 0 amide bonds.